The summed E-state index contributed by atoms with van der Waals surface area (Å²) in [6.07, 6.45) is 4.96. The summed E-state index contributed by atoms with van der Waals surface area (Å²) in [5, 5.41) is 23.0. The summed E-state index contributed by atoms with van der Waals surface area (Å²) in [6, 6.07) is 10.4. The van der Waals surface area contributed by atoms with Crippen LogP contribution in [0.15, 0.2) is 42.6 Å². The third kappa shape index (κ3) is 4.21. The topological polar surface area (TPSA) is 117 Å². The van der Waals surface area contributed by atoms with Crippen LogP contribution < -0.4 is 10.1 Å². The molecule has 0 radical (unpaired) electrons. The number of β-amino-alcohol motifs (C(OH)–C–C–N with tert-alkyl or cyclic N) is 2. The molecule has 1 aromatic carbocycles. The van der Waals surface area contributed by atoms with Gasteiger partial charge in [0.05, 0.1) is 39.4 Å². The van der Waals surface area contributed by atoms with Crippen LogP contribution in [0.1, 0.15) is 15.4 Å². The lowest BCUT2D eigenvalue weighted by molar-refractivity contribution is 0.0572. The molecule has 0 spiro atoms. The number of rotatable bonds is 4. The van der Waals surface area contributed by atoms with Gasteiger partial charge in [-0.25, -0.2) is 4.79 Å². The van der Waals surface area contributed by atoms with E-state index in [0.29, 0.717) is 26.6 Å². The summed E-state index contributed by atoms with van der Waals surface area (Å²) in [5.41, 5.74) is 2.10. The molecule has 1 aliphatic heterocycles. The maximum absolute atomic E-state index is 12.9. The predicted molar refractivity (Wildman–Crippen MR) is 132 cm³/mol. The molecule has 35 heavy (non-hydrogen) atoms. The van der Waals surface area contributed by atoms with Crippen molar-refractivity contribution in [1.82, 2.24) is 19.8 Å². The fourth-order valence-electron chi connectivity index (χ4n) is 4.19. The Labute approximate surface area is 204 Å². The summed E-state index contributed by atoms with van der Waals surface area (Å²) >= 11 is 1.25. The highest BCUT2D eigenvalue weighted by molar-refractivity contribution is 7.21. The molecule has 2 amide bonds. The molecule has 9 nitrogen and oxygen atoms in total. The Hall–Kier alpha value is -3.91. The molecule has 178 valence electrons. The van der Waals surface area contributed by atoms with Crippen molar-refractivity contribution in [1.29, 1.82) is 0 Å². The van der Waals surface area contributed by atoms with E-state index in [1.165, 1.54) is 16.2 Å². The highest BCUT2D eigenvalue weighted by Crippen LogP contribution is 2.36. The van der Waals surface area contributed by atoms with Gasteiger partial charge in [0.15, 0.2) is 0 Å². The zero-order chi connectivity index (χ0) is 24.7. The second kappa shape index (κ2) is 9.03. The Morgan fingerprint density at radius 2 is 2.00 bits per heavy atom. The summed E-state index contributed by atoms with van der Waals surface area (Å²) in [6.45, 7) is 2.15. The van der Waals surface area contributed by atoms with Crippen LogP contribution in [-0.2, 0) is 0 Å². The summed E-state index contributed by atoms with van der Waals surface area (Å²) in [4.78, 5) is 31.6. The van der Waals surface area contributed by atoms with Gasteiger partial charge in [-0.3, -0.25) is 14.3 Å². The molecule has 0 saturated carbocycles. The van der Waals surface area contributed by atoms with E-state index < -0.39 is 12.2 Å². The number of aromatic nitrogens is 2. The molecule has 0 bridgehead atoms. The molecule has 2 unspecified atom stereocenters. The minimum atomic E-state index is -0.942. The van der Waals surface area contributed by atoms with Crippen molar-refractivity contribution in [2.24, 2.45) is 0 Å². The number of nitrogens with one attached hydrogen (secondary N) is 1. The molecule has 0 aliphatic carbocycles. The largest absolute Gasteiger partial charge is 0.456 e. The molecule has 5 rings (SSSR count). The van der Waals surface area contributed by atoms with E-state index in [0.717, 1.165) is 16.6 Å². The number of thiophene rings is 1. The first-order valence-electron chi connectivity index (χ1n) is 10.9. The van der Waals surface area contributed by atoms with Gasteiger partial charge in [-0.05, 0) is 37.3 Å². The molecule has 10 heteroatoms. The van der Waals surface area contributed by atoms with E-state index in [2.05, 4.69) is 16.2 Å². The van der Waals surface area contributed by atoms with Gasteiger partial charge in [0.25, 0.3) is 5.91 Å². The Kier molecular flexibility index (Phi) is 5.90. The highest BCUT2D eigenvalue weighted by Gasteiger charge is 2.33. The monoisotopic (exact) mass is 490 g/mol. The number of pyridine rings is 1. The Balaban J connectivity index is 1.42. The first kappa shape index (κ1) is 22.9. The summed E-state index contributed by atoms with van der Waals surface area (Å²) in [7, 11) is 0. The molecular formula is C25H22N4O5S. The van der Waals surface area contributed by atoms with Gasteiger partial charge in [-0.15, -0.1) is 17.8 Å². The van der Waals surface area contributed by atoms with Crippen molar-refractivity contribution >= 4 is 44.4 Å². The van der Waals surface area contributed by atoms with Gasteiger partial charge in [0.2, 0.25) is 0 Å². The number of carbonyl (C=O) groups is 2. The van der Waals surface area contributed by atoms with Crippen LogP contribution in [0.5, 0.6) is 11.5 Å². The number of aryl methyl sites for hydroxylation is 1. The Morgan fingerprint density at radius 3 is 2.74 bits per heavy atom. The van der Waals surface area contributed by atoms with Gasteiger partial charge in [0, 0.05) is 36.4 Å². The molecule has 1 aliphatic rings. The van der Waals surface area contributed by atoms with E-state index in [-0.39, 0.29) is 31.6 Å². The normalized spacial score (nSPS) is 17.6. The Bertz CT molecular complexity index is 1490. The lowest BCUT2D eigenvalue weighted by Crippen LogP contribution is -2.29. The fraction of sp³-hybridized carbons (Fsp3) is 0.240. The molecule has 3 aromatic heterocycles. The highest BCUT2D eigenvalue weighted by atomic mass is 32.1. The predicted octanol–water partition coefficient (Wildman–Crippen LogP) is 2.72. The van der Waals surface area contributed by atoms with Crippen molar-refractivity contribution < 1.29 is 24.5 Å². The van der Waals surface area contributed by atoms with Gasteiger partial charge in [0.1, 0.15) is 11.5 Å². The molecule has 1 fully saturated rings. The average Bonchev–Trinajstić information content (AvgIpc) is 3.51. The zero-order valence-corrected chi connectivity index (χ0v) is 19.6. The lowest BCUT2D eigenvalue weighted by atomic mass is 10.2. The number of terminal acetylenes is 1. The minimum absolute atomic E-state index is 0.0882. The van der Waals surface area contributed by atoms with Crippen LogP contribution in [0.25, 0.3) is 21.1 Å². The lowest BCUT2D eigenvalue weighted by Gasteiger charge is -2.13. The van der Waals surface area contributed by atoms with Crippen molar-refractivity contribution in [2.45, 2.75) is 19.1 Å². The number of aliphatic hydroxyl groups excluding tert-OH is 2. The summed E-state index contributed by atoms with van der Waals surface area (Å²) in [5.74, 6) is 3.24. The first-order valence-corrected chi connectivity index (χ1v) is 11.7. The van der Waals surface area contributed by atoms with Crippen molar-refractivity contribution in [3.05, 3.63) is 53.2 Å². The first-order chi connectivity index (χ1) is 16.9. The number of amides is 2. The summed E-state index contributed by atoms with van der Waals surface area (Å²) < 4.78 is 8.42. The molecule has 2 atom stereocenters. The van der Waals surface area contributed by atoms with Crippen LogP contribution in [0, 0.1) is 19.3 Å². The smallest absolute Gasteiger partial charge is 0.327 e. The van der Waals surface area contributed by atoms with Crippen LogP contribution in [0.3, 0.4) is 0 Å². The van der Waals surface area contributed by atoms with E-state index >= 15 is 0 Å². The number of aliphatic hydroxyl groups is 2. The Morgan fingerprint density at radius 1 is 1.23 bits per heavy atom. The fourth-order valence-corrected chi connectivity index (χ4v) is 5.22. The molecule has 3 N–H and O–H groups in total. The van der Waals surface area contributed by atoms with Crippen LogP contribution in [-0.4, -0.2) is 68.4 Å². The number of hydrogen-bond donors (Lipinski definition) is 3. The number of benzene rings is 1. The number of hydrogen-bond acceptors (Lipinski definition) is 7. The average molecular weight is 491 g/mol. The molecule has 4 heterocycles. The van der Waals surface area contributed by atoms with Gasteiger partial charge < -0.3 is 25.2 Å². The second-order valence-corrected chi connectivity index (χ2v) is 9.34. The quantitative estimate of drug-likeness (QED) is 0.379. The van der Waals surface area contributed by atoms with Crippen LogP contribution in [0.2, 0.25) is 0 Å². The second-order valence-electron chi connectivity index (χ2n) is 8.29. The number of likely N-dealkylation sites (tertiary alicyclic amines) is 1. The molecule has 1 saturated heterocycles. The number of fused-ring (bicyclic) bond motifs is 2. The number of nitrogens with zero attached hydrogens (tertiary/aromatic N) is 3. The standard InChI is InChI=1S/C25H22N4O5S/c1-3-7-27-25(33)29-14(2)9-15-10-16(4-5-18(15)29)34-21-6-8-26-17-11-22(35-23(17)21)24(32)28-12-19(30)20(31)13-28/h1,4-6,8-11,19-20,30-31H,7,12-13H2,2H3,(H,27,33). The minimum Gasteiger partial charge on any atom is -0.456 e. The number of ether oxygens (including phenoxy) is 1. The maximum Gasteiger partial charge on any atom is 0.327 e. The van der Waals surface area contributed by atoms with E-state index in [1.807, 2.05) is 19.1 Å². The van der Waals surface area contributed by atoms with E-state index in [4.69, 9.17) is 11.2 Å². The van der Waals surface area contributed by atoms with E-state index in [1.54, 1.807) is 35.0 Å². The molecule has 4 aromatic rings. The SMILES string of the molecule is C#CCNC(=O)n1c(C)cc2cc(Oc3ccnc4cc(C(=O)N5CC(O)C(O)C5)sc34)ccc21. The third-order valence-electron chi connectivity index (χ3n) is 5.86. The zero-order valence-electron chi connectivity index (χ0n) is 18.8. The van der Waals surface area contributed by atoms with Crippen LogP contribution in [0.4, 0.5) is 4.79 Å². The molecular weight excluding hydrogens is 468 g/mol. The van der Waals surface area contributed by atoms with Gasteiger partial charge in [-0.1, -0.05) is 5.92 Å². The van der Waals surface area contributed by atoms with Gasteiger partial charge in [-0.2, -0.15) is 0 Å². The van der Waals surface area contributed by atoms with Crippen LogP contribution >= 0.6 is 11.3 Å². The number of carbonyl (C=O) groups excluding carboxylic acids is 2. The third-order valence-corrected chi connectivity index (χ3v) is 6.99. The van der Waals surface area contributed by atoms with Crippen molar-refractivity contribution in [3.63, 3.8) is 0 Å². The van der Waals surface area contributed by atoms with Gasteiger partial charge >= 0.3 is 6.03 Å². The van der Waals surface area contributed by atoms with Crippen molar-refractivity contribution in [2.75, 3.05) is 19.6 Å². The maximum atomic E-state index is 12.9. The van der Waals surface area contributed by atoms with E-state index in [9.17, 15) is 19.8 Å². The van der Waals surface area contributed by atoms with Crippen molar-refractivity contribution in [3.8, 4) is 23.8 Å².